The van der Waals surface area contributed by atoms with E-state index in [1.165, 1.54) is 0 Å². The number of hydrogen-bond acceptors (Lipinski definition) is 3. The summed E-state index contributed by atoms with van der Waals surface area (Å²) in [6.45, 7) is -0.0962. The molecular weight excluding hydrogens is 395 g/mol. The van der Waals surface area contributed by atoms with E-state index in [4.69, 9.17) is 4.74 Å². The van der Waals surface area contributed by atoms with Crippen molar-refractivity contribution in [1.29, 1.82) is 0 Å². The molecule has 2 amide bonds. The van der Waals surface area contributed by atoms with E-state index in [0.29, 0.717) is 17.0 Å². The van der Waals surface area contributed by atoms with Crippen LogP contribution in [0.2, 0.25) is 0 Å². The molecule has 2 aromatic carbocycles. The van der Waals surface area contributed by atoms with Crippen molar-refractivity contribution in [3.63, 3.8) is 0 Å². The lowest BCUT2D eigenvalue weighted by atomic mass is 10.2. The van der Waals surface area contributed by atoms with E-state index in [9.17, 15) is 9.59 Å². The lowest BCUT2D eigenvalue weighted by Gasteiger charge is -2.09. The van der Waals surface area contributed by atoms with Crippen molar-refractivity contribution in [2.75, 3.05) is 19.0 Å². The number of carbonyl (C=O) groups excluding carboxylic acids is 2. The molecule has 0 aliphatic rings. The molecule has 0 aliphatic heterocycles. The number of carbonyl (C=O) groups is 2. The van der Waals surface area contributed by atoms with Crippen LogP contribution >= 0.6 is 22.6 Å². The molecule has 0 unspecified atom stereocenters. The topological polar surface area (TPSA) is 67.4 Å². The first-order valence-corrected chi connectivity index (χ1v) is 7.64. The van der Waals surface area contributed by atoms with Gasteiger partial charge < -0.3 is 15.4 Å². The van der Waals surface area contributed by atoms with Gasteiger partial charge in [0, 0.05) is 15.3 Å². The molecule has 0 aliphatic carbocycles. The number of anilines is 1. The molecule has 22 heavy (non-hydrogen) atoms. The van der Waals surface area contributed by atoms with Crippen LogP contribution < -0.4 is 15.4 Å². The van der Waals surface area contributed by atoms with Gasteiger partial charge in [0.15, 0.2) is 0 Å². The molecule has 0 radical (unpaired) electrons. The zero-order valence-electron chi connectivity index (χ0n) is 11.9. The Morgan fingerprint density at radius 2 is 1.91 bits per heavy atom. The fourth-order valence-corrected chi connectivity index (χ4v) is 2.44. The molecule has 0 saturated heterocycles. The van der Waals surface area contributed by atoms with Crippen LogP contribution in [0.15, 0.2) is 48.5 Å². The third-order valence-electron chi connectivity index (χ3n) is 2.88. The number of nitrogens with one attached hydrogen (secondary N) is 2. The molecule has 6 heteroatoms. The van der Waals surface area contributed by atoms with E-state index >= 15 is 0 Å². The Bertz CT molecular complexity index is 689. The van der Waals surface area contributed by atoms with Crippen LogP contribution in [0, 0.1) is 3.57 Å². The van der Waals surface area contributed by atoms with Crippen LogP contribution in [-0.2, 0) is 4.79 Å². The summed E-state index contributed by atoms with van der Waals surface area (Å²) in [6, 6.07) is 14.2. The second-order valence-electron chi connectivity index (χ2n) is 4.44. The van der Waals surface area contributed by atoms with Crippen molar-refractivity contribution >= 4 is 40.1 Å². The van der Waals surface area contributed by atoms with Crippen molar-refractivity contribution in [3.8, 4) is 5.75 Å². The van der Waals surface area contributed by atoms with E-state index in [1.807, 2.05) is 12.1 Å². The van der Waals surface area contributed by atoms with E-state index in [2.05, 4.69) is 33.2 Å². The maximum Gasteiger partial charge on any atom is 0.252 e. The van der Waals surface area contributed by atoms with Crippen LogP contribution in [0.4, 0.5) is 5.69 Å². The van der Waals surface area contributed by atoms with Gasteiger partial charge >= 0.3 is 0 Å². The van der Waals surface area contributed by atoms with E-state index in [-0.39, 0.29) is 18.4 Å². The highest BCUT2D eigenvalue weighted by atomic mass is 127. The molecule has 0 bridgehead atoms. The Morgan fingerprint density at radius 1 is 1.14 bits per heavy atom. The maximum absolute atomic E-state index is 12.0. The summed E-state index contributed by atoms with van der Waals surface area (Å²) in [7, 11) is 1.56. The predicted molar refractivity (Wildman–Crippen MR) is 93.1 cm³/mol. The molecule has 2 N–H and O–H groups in total. The van der Waals surface area contributed by atoms with Crippen LogP contribution in [0.3, 0.4) is 0 Å². The van der Waals surface area contributed by atoms with Crippen LogP contribution in [0.5, 0.6) is 5.75 Å². The molecule has 0 atom stereocenters. The summed E-state index contributed by atoms with van der Waals surface area (Å²) >= 11 is 2.08. The Labute approximate surface area is 142 Å². The van der Waals surface area contributed by atoms with Crippen molar-refractivity contribution in [1.82, 2.24) is 5.32 Å². The minimum absolute atomic E-state index is 0.0962. The zero-order valence-corrected chi connectivity index (χ0v) is 14.1. The average molecular weight is 410 g/mol. The molecular formula is C16H15IN2O3. The van der Waals surface area contributed by atoms with E-state index in [0.717, 1.165) is 3.57 Å². The molecule has 0 spiro atoms. The summed E-state index contributed by atoms with van der Waals surface area (Å²) in [5, 5.41) is 5.30. The number of halogens is 1. The molecule has 0 heterocycles. The van der Waals surface area contributed by atoms with Gasteiger partial charge in [0.2, 0.25) is 5.91 Å². The van der Waals surface area contributed by atoms with Crippen LogP contribution in [0.25, 0.3) is 0 Å². The molecule has 114 valence electrons. The second-order valence-corrected chi connectivity index (χ2v) is 5.60. The number of rotatable bonds is 5. The second kappa shape index (κ2) is 7.79. The van der Waals surface area contributed by atoms with Crippen LogP contribution in [-0.4, -0.2) is 25.5 Å². The molecule has 2 aromatic rings. The monoisotopic (exact) mass is 410 g/mol. The predicted octanol–water partition coefficient (Wildman–Crippen LogP) is 2.67. The normalized spacial score (nSPS) is 9.91. The van der Waals surface area contributed by atoms with Gasteiger partial charge in [-0.3, -0.25) is 9.59 Å². The minimum atomic E-state index is -0.299. The molecule has 0 fully saturated rings. The Kier molecular flexibility index (Phi) is 5.76. The van der Waals surface area contributed by atoms with Gasteiger partial charge in [0.1, 0.15) is 5.75 Å². The van der Waals surface area contributed by atoms with Crippen molar-refractivity contribution in [2.45, 2.75) is 0 Å². The van der Waals surface area contributed by atoms with E-state index < -0.39 is 0 Å². The van der Waals surface area contributed by atoms with Crippen molar-refractivity contribution in [2.24, 2.45) is 0 Å². The number of hydrogen-bond donors (Lipinski definition) is 2. The highest BCUT2D eigenvalue weighted by molar-refractivity contribution is 14.1. The largest absolute Gasteiger partial charge is 0.497 e. The SMILES string of the molecule is COc1cccc(NC(=O)CNC(=O)c2ccccc2I)c1. The number of methoxy groups -OCH3 is 1. The third kappa shape index (κ3) is 4.45. The zero-order chi connectivity index (χ0) is 15.9. The molecule has 0 saturated carbocycles. The maximum atomic E-state index is 12.0. The Morgan fingerprint density at radius 3 is 2.64 bits per heavy atom. The van der Waals surface area contributed by atoms with E-state index in [1.54, 1.807) is 43.5 Å². The molecule has 0 aromatic heterocycles. The quantitative estimate of drug-likeness (QED) is 0.745. The first kappa shape index (κ1) is 16.3. The van der Waals surface area contributed by atoms with Gasteiger partial charge in [-0.25, -0.2) is 0 Å². The first-order valence-electron chi connectivity index (χ1n) is 6.57. The fourth-order valence-electron chi connectivity index (χ4n) is 1.81. The summed E-state index contributed by atoms with van der Waals surface area (Å²) < 4.78 is 5.92. The van der Waals surface area contributed by atoms with Crippen molar-refractivity contribution in [3.05, 3.63) is 57.7 Å². The third-order valence-corrected chi connectivity index (χ3v) is 3.82. The lowest BCUT2D eigenvalue weighted by Crippen LogP contribution is -2.33. The smallest absolute Gasteiger partial charge is 0.252 e. The van der Waals surface area contributed by atoms with Crippen molar-refractivity contribution < 1.29 is 14.3 Å². The first-order chi connectivity index (χ1) is 10.6. The van der Waals surface area contributed by atoms with Gasteiger partial charge in [-0.05, 0) is 46.9 Å². The summed E-state index contributed by atoms with van der Waals surface area (Å²) in [5.41, 5.74) is 1.17. The molecule has 2 rings (SSSR count). The Hall–Kier alpha value is -2.09. The minimum Gasteiger partial charge on any atom is -0.497 e. The highest BCUT2D eigenvalue weighted by Crippen LogP contribution is 2.16. The summed E-state index contributed by atoms with van der Waals surface area (Å²) in [4.78, 5) is 23.9. The average Bonchev–Trinajstić information content (AvgIpc) is 2.53. The fraction of sp³-hybridized carbons (Fsp3) is 0.125. The summed E-state index contributed by atoms with van der Waals surface area (Å²) in [6.07, 6.45) is 0. The summed E-state index contributed by atoms with van der Waals surface area (Å²) in [5.74, 6) is 0.0824. The van der Waals surface area contributed by atoms with Gasteiger partial charge in [0.05, 0.1) is 19.2 Å². The lowest BCUT2D eigenvalue weighted by molar-refractivity contribution is -0.115. The number of benzene rings is 2. The van der Waals surface area contributed by atoms with Gasteiger partial charge in [-0.2, -0.15) is 0 Å². The Balaban J connectivity index is 1.90. The molecule has 5 nitrogen and oxygen atoms in total. The van der Waals surface area contributed by atoms with Gasteiger partial charge in [-0.15, -0.1) is 0 Å². The highest BCUT2D eigenvalue weighted by Gasteiger charge is 2.10. The standard InChI is InChI=1S/C16H15IN2O3/c1-22-12-6-4-5-11(9-12)19-15(20)10-18-16(21)13-7-2-3-8-14(13)17/h2-9H,10H2,1H3,(H,18,21)(H,19,20). The number of ether oxygens (including phenoxy) is 1. The van der Waals surface area contributed by atoms with Gasteiger partial charge in [0.25, 0.3) is 5.91 Å². The number of amides is 2. The van der Waals surface area contributed by atoms with Crippen LogP contribution in [0.1, 0.15) is 10.4 Å². The van der Waals surface area contributed by atoms with Gasteiger partial charge in [-0.1, -0.05) is 18.2 Å².